The second-order valence-electron chi connectivity index (χ2n) is 19.8. The van der Waals surface area contributed by atoms with Crippen molar-refractivity contribution in [1.82, 2.24) is 15.5 Å². The number of allylic oxidation sites excluding steroid dienone is 12. The first kappa shape index (κ1) is 64.3. The lowest BCUT2D eigenvalue weighted by molar-refractivity contribution is -0.308. The maximum absolute atomic E-state index is 13.9. The molecular weight excluding hydrogens is 967 g/mol. The number of aliphatic hydroxyl groups is 11. The van der Waals surface area contributed by atoms with E-state index in [-0.39, 0.29) is 44.7 Å². The zero-order valence-electron chi connectivity index (χ0n) is 43.5. The van der Waals surface area contributed by atoms with Gasteiger partial charge in [0.05, 0.1) is 92.6 Å². The fourth-order valence-corrected chi connectivity index (χ4v) is 9.02. The molecule has 19 atom stereocenters. The molecule has 0 unspecified atom stereocenters. The van der Waals surface area contributed by atoms with Gasteiger partial charge in [-0.3, -0.25) is 14.4 Å². The Balaban J connectivity index is 1.98. The highest BCUT2D eigenvalue weighted by atomic mass is 16.7. The molecule has 3 aliphatic rings. The quantitative estimate of drug-likeness (QED) is 0.136. The van der Waals surface area contributed by atoms with Gasteiger partial charge in [-0.1, -0.05) is 98.9 Å². The lowest BCUT2D eigenvalue weighted by Gasteiger charge is -2.46. The summed E-state index contributed by atoms with van der Waals surface area (Å²) in [4.78, 5) is 40.4. The highest BCUT2D eigenvalue weighted by molar-refractivity contribution is 5.80. The van der Waals surface area contributed by atoms with Crippen LogP contribution >= 0.6 is 0 Å². The maximum Gasteiger partial charge on any atom is 0.308 e. The molecule has 21 nitrogen and oxygen atoms in total. The molecule has 2 saturated heterocycles. The third-order valence-corrected chi connectivity index (χ3v) is 13.4. The number of likely N-dealkylation sites (N-methyl/N-ethyl adjacent to an activating group) is 2. The number of amides is 2. The van der Waals surface area contributed by atoms with Crippen molar-refractivity contribution in [3.05, 3.63) is 85.1 Å². The molecule has 3 rings (SSSR count). The molecule has 0 spiro atoms. The Morgan fingerprint density at radius 2 is 1.31 bits per heavy atom. The van der Waals surface area contributed by atoms with Crippen molar-refractivity contribution in [1.29, 1.82) is 0 Å². The molecule has 0 aromatic heterocycles. The summed E-state index contributed by atoms with van der Waals surface area (Å²) in [5.74, 6) is -6.39. The smallest absolute Gasteiger partial charge is 0.308 e. The molecule has 13 N–H and O–H groups in total. The van der Waals surface area contributed by atoms with Crippen LogP contribution in [0.2, 0.25) is 0 Å². The van der Waals surface area contributed by atoms with E-state index in [9.17, 15) is 70.6 Å². The van der Waals surface area contributed by atoms with Crippen LogP contribution in [-0.2, 0) is 33.3 Å². The lowest BCUT2D eigenvalue weighted by atomic mass is 9.81. The summed E-state index contributed by atoms with van der Waals surface area (Å²) in [6, 6.07) is -1.24. The van der Waals surface area contributed by atoms with Gasteiger partial charge < -0.3 is 90.7 Å². The number of esters is 1. The summed E-state index contributed by atoms with van der Waals surface area (Å²) in [5.41, 5.74) is 0. The molecular formula is C53H85N3O18. The van der Waals surface area contributed by atoms with Gasteiger partial charge in [0, 0.05) is 51.1 Å². The van der Waals surface area contributed by atoms with E-state index in [0.717, 1.165) is 0 Å². The van der Waals surface area contributed by atoms with E-state index in [4.69, 9.17) is 18.9 Å². The first-order valence-corrected chi connectivity index (χ1v) is 25.5. The molecule has 0 radical (unpaired) electrons. The second kappa shape index (κ2) is 32.5. The van der Waals surface area contributed by atoms with Crippen molar-refractivity contribution in [3.8, 4) is 0 Å². The molecule has 0 aromatic rings. The van der Waals surface area contributed by atoms with Gasteiger partial charge >= 0.3 is 5.97 Å². The zero-order chi connectivity index (χ0) is 55.1. The molecule has 2 bridgehead atoms. The minimum Gasteiger partial charge on any atom is -0.462 e. The summed E-state index contributed by atoms with van der Waals surface area (Å²) in [5, 5.41) is 126. The predicted molar refractivity (Wildman–Crippen MR) is 272 cm³/mol. The summed E-state index contributed by atoms with van der Waals surface area (Å²) in [6.45, 7) is 6.09. The Morgan fingerprint density at radius 1 is 0.716 bits per heavy atom. The number of carbonyl (C=O) groups excluding carboxylic acids is 3. The van der Waals surface area contributed by atoms with Crippen molar-refractivity contribution in [2.45, 2.75) is 177 Å². The minimum atomic E-state index is -2.34. The van der Waals surface area contributed by atoms with Crippen LogP contribution in [0.3, 0.4) is 0 Å². The van der Waals surface area contributed by atoms with E-state index in [1.165, 1.54) is 18.9 Å². The van der Waals surface area contributed by atoms with Crippen LogP contribution < -0.4 is 10.6 Å². The fraction of sp³-hybridized carbons (Fsp3) is 0.679. The zero-order valence-corrected chi connectivity index (χ0v) is 43.5. The first-order chi connectivity index (χ1) is 35.0. The number of aliphatic hydroxyl groups excluding tert-OH is 10. The van der Waals surface area contributed by atoms with Crippen LogP contribution in [0.1, 0.15) is 79.1 Å². The number of cyclic esters (lactones) is 1. The van der Waals surface area contributed by atoms with E-state index in [2.05, 4.69) is 10.6 Å². The van der Waals surface area contributed by atoms with Gasteiger partial charge in [0.1, 0.15) is 18.3 Å². The Kier molecular flexibility index (Phi) is 28.3. The highest BCUT2D eigenvalue weighted by Gasteiger charge is 2.51. The Bertz CT molecular complexity index is 1910. The van der Waals surface area contributed by atoms with E-state index < -0.39 is 159 Å². The van der Waals surface area contributed by atoms with Gasteiger partial charge in [0.25, 0.3) is 0 Å². The van der Waals surface area contributed by atoms with Crippen molar-refractivity contribution < 1.29 is 89.5 Å². The average molecular weight is 1050 g/mol. The van der Waals surface area contributed by atoms with E-state index >= 15 is 0 Å². The van der Waals surface area contributed by atoms with Gasteiger partial charge in [-0.05, 0) is 40.2 Å². The topological polar surface area (TPSA) is 338 Å². The minimum absolute atomic E-state index is 0.115. The van der Waals surface area contributed by atoms with Crippen molar-refractivity contribution >= 4 is 17.8 Å². The summed E-state index contributed by atoms with van der Waals surface area (Å²) >= 11 is 0. The SMILES string of the molecule is CNCC(=O)N[C@@H]1[C@H](O)[C@H](O[C@H]2/C=C/C=C/C=C/C=C/C=C/C=C/C=C/[C@H](C)[C@@H](O)[C@@H](C)[C@H](C)OC(=O)C[C@H](O)C[C@H](O)CC[C@@H](O)[C@H](O)C[C@H](O)C[C@]3(O)C[C@H](O)[C@@H](C(=O)N(C)CCO)[C@H](C2)O3)O[C@H](C)[C@H]1O. The van der Waals surface area contributed by atoms with E-state index in [1.807, 2.05) is 19.1 Å². The molecule has 3 aliphatic heterocycles. The molecule has 2 fully saturated rings. The third-order valence-electron chi connectivity index (χ3n) is 13.4. The van der Waals surface area contributed by atoms with Gasteiger partial charge in [0.2, 0.25) is 11.8 Å². The number of hydrogen-bond donors (Lipinski definition) is 13. The van der Waals surface area contributed by atoms with Gasteiger partial charge in [-0.25, -0.2) is 0 Å². The van der Waals surface area contributed by atoms with E-state index in [0.29, 0.717) is 0 Å². The van der Waals surface area contributed by atoms with E-state index in [1.54, 1.807) is 93.8 Å². The predicted octanol–water partition coefficient (Wildman–Crippen LogP) is -0.545. The molecule has 0 aliphatic carbocycles. The van der Waals surface area contributed by atoms with Crippen LogP contribution in [0.5, 0.6) is 0 Å². The molecule has 2 amide bonds. The van der Waals surface area contributed by atoms with Crippen LogP contribution in [0, 0.1) is 17.8 Å². The first-order valence-electron chi connectivity index (χ1n) is 25.5. The molecule has 3 heterocycles. The lowest BCUT2D eigenvalue weighted by Crippen LogP contribution is -2.64. The summed E-state index contributed by atoms with van der Waals surface area (Å²) in [6.07, 6.45) is 3.08. The van der Waals surface area contributed by atoms with Gasteiger partial charge in [-0.2, -0.15) is 0 Å². The van der Waals surface area contributed by atoms with Crippen LogP contribution in [0.4, 0.5) is 0 Å². The maximum atomic E-state index is 13.9. The summed E-state index contributed by atoms with van der Waals surface area (Å²) < 4.78 is 23.9. The monoisotopic (exact) mass is 1050 g/mol. The number of nitrogens with one attached hydrogen (secondary N) is 2. The fourth-order valence-electron chi connectivity index (χ4n) is 9.02. The highest BCUT2D eigenvalue weighted by Crippen LogP contribution is 2.39. The molecule has 0 saturated carbocycles. The molecule has 0 aromatic carbocycles. The van der Waals surface area contributed by atoms with Gasteiger partial charge in [0.15, 0.2) is 12.1 Å². The molecule has 420 valence electrons. The number of rotatable bonds is 8. The number of hydrogen-bond acceptors (Lipinski definition) is 19. The number of nitrogens with zero attached hydrogens (tertiary/aromatic N) is 1. The Morgan fingerprint density at radius 3 is 1.91 bits per heavy atom. The third kappa shape index (κ3) is 21.5. The standard InChI is InChI=1S/C53H85N3O18/c1-32-19-17-15-13-11-9-7-8-10-12-14-16-18-20-39(73-52-50(68)47(49(67)35(4)72-52)55-44(64)31-54-5)28-43-46(51(69)56(6)23-24-57)42(63)30-53(70,74-43)29-38(60)26-41(62)40(61)22-21-36(58)25-37(59)27-45(65)71-34(3)33(2)48(32)66/h7-20,32-43,46-50,52,54,57-63,66-68,70H,21-31H2,1-6H3,(H,55,64)/b8-7+,11-9+,12-10+,15-13+,16-14+,19-17+,20-18+/t32-,33-,34-,35+,36+,37+,38-,39-,40+,41+,42-,43-,46+,47-,48+,49+,50-,52-,53+/m0/s1. The number of fused-ring (bicyclic) bond motifs is 2. The van der Waals surface area contributed by atoms with Crippen LogP contribution in [0.25, 0.3) is 0 Å². The molecule has 21 heteroatoms. The van der Waals surface area contributed by atoms with Crippen LogP contribution in [0.15, 0.2) is 85.1 Å². The molecule has 74 heavy (non-hydrogen) atoms. The number of ether oxygens (including phenoxy) is 4. The number of carbonyl (C=O) groups is 3. The normalized spacial score (nSPS) is 41.3. The van der Waals surface area contributed by atoms with Crippen molar-refractivity contribution in [2.75, 3.05) is 33.8 Å². The second-order valence-corrected chi connectivity index (χ2v) is 19.8. The Hall–Kier alpha value is -4.01. The average Bonchev–Trinajstić information content (AvgIpc) is 3.32. The van der Waals surface area contributed by atoms with Gasteiger partial charge in [-0.15, -0.1) is 0 Å². The Labute approximate surface area is 434 Å². The largest absolute Gasteiger partial charge is 0.462 e. The van der Waals surface area contributed by atoms with Crippen molar-refractivity contribution in [2.24, 2.45) is 17.8 Å². The summed E-state index contributed by atoms with van der Waals surface area (Å²) in [7, 11) is 2.96. The van der Waals surface area contributed by atoms with Crippen molar-refractivity contribution in [3.63, 3.8) is 0 Å². The van der Waals surface area contributed by atoms with Crippen LogP contribution in [-0.4, -0.2) is 210 Å².